The lowest BCUT2D eigenvalue weighted by Gasteiger charge is -2.52. The van der Waals surface area contributed by atoms with E-state index in [9.17, 15) is 106 Å². The van der Waals surface area contributed by atoms with E-state index in [4.69, 9.17) is 47.4 Å². The maximum Gasteiger partial charge on any atom is 0.364 e. The summed E-state index contributed by atoms with van der Waals surface area (Å²) >= 11 is 0. The normalized spacial score (nSPS) is 34.9. The molecule has 0 aromatic rings. The smallest absolute Gasteiger partial charge is 0.364 e. The van der Waals surface area contributed by atoms with Gasteiger partial charge in [0.05, 0.1) is 63.9 Å². The van der Waals surface area contributed by atoms with Crippen LogP contribution in [0.3, 0.4) is 0 Å². The molecule has 0 saturated carbocycles. The molecule has 34 heteroatoms. The first-order valence-electron chi connectivity index (χ1n) is 37.7. The van der Waals surface area contributed by atoms with Crippen molar-refractivity contribution >= 4 is 23.7 Å². The van der Waals surface area contributed by atoms with Crippen molar-refractivity contribution < 1.29 is 153 Å². The van der Waals surface area contributed by atoms with Crippen molar-refractivity contribution in [3.8, 4) is 0 Å². The van der Waals surface area contributed by atoms with Crippen molar-refractivity contribution in [2.75, 3.05) is 39.6 Å². The summed E-state index contributed by atoms with van der Waals surface area (Å²) in [4.78, 5) is 52.9. The van der Waals surface area contributed by atoms with E-state index in [1.165, 1.54) is 51.0 Å². The number of amides is 3. The first kappa shape index (κ1) is 93.1. The maximum atomic E-state index is 13.8. The number of hydrogen-bond acceptors (Lipinski definition) is 30. The monoisotopic (exact) mass is 1540 g/mol. The fourth-order valence-corrected chi connectivity index (χ4v) is 13.4. The molecule has 28 atom stereocenters. The molecular formula is C73H123N3O31. The van der Waals surface area contributed by atoms with Crippen LogP contribution in [-0.4, -0.2) is 321 Å². The van der Waals surface area contributed by atoms with Gasteiger partial charge in [-0.3, -0.25) is 14.4 Å². The van der Waals surface area contributed by atoms with Gasteiger partial charge < -0.3 is 150 Å². The van der Waals surface area contributed by atoms with Crippen molar-refractivity contribution in [2.24, 2.45) is 0 Å². The Labute approximate surface area is 624 Å². The van der Waals surface area contributed by atoms with Crippen LogP contribution in [0.4, 0.5) is 0 Å². The molecule has 0 bridgehead atoms. The van der Waals surface area contributed by atoms with Gasteiger partial charge in [0, 0.05) is 26.7 Å². The number of hydrogen-bond donors (Lipinski definition) is 20. The number of carbonyl (C=O) groups excluding carboxylic acids is 3. The van der Waals surface area contributed by atoms with Crippen molar-refractivity contribution in [3.63, 3.8) is 0 Å². The van der Waals surface area contributed by atoms with Crippen molar-refractivity contribution in [1.29, 1.82) is 0 Å². The largest absolute Gasteiger partial charge is 0.477 e. The van der Waals surface area contributed by atoms with Crippen LogP contribution in [0.2, 0.25) is 0 Å². The Balaban J connectivity index is 1.41. The molecule has 0 aromatic heterocycles. The van der Waals surface area contributed by atoms with Gasteiger partial charge in [-0.15, -0.1) is 0 Å². The van der Waals surface area contributed by atoms with E-state index in [0.717, 1.165) is 78.1 Å². The van der Waals surface area contributed by atoms with E-state index < -0.39 is 241 Å². The fraction of sp³-hybridized carbons (Fsp3) is 0.808. The van der Waals surface area contributed by atoms with Gasteiger partial charge in [-0.05, 0) is 38.5 Å². The maximum absolute atomic E-state index is 13.8. The number of carboxylic acids is 1. The Morgan fingerprint density at radius 2 is 0.991 bits per heavy atom. The van der Waals surface area contributed by atoms with Crippen LogP contribution in [0, 0.1) is 0 Å². The minimum atomic E-state index is -3.39. The number of carboxylic acid groups (broad SMARTS) is 1. The summed E-state index contributed by atoms with van der Waals surface area (Å²) in [6, 6.07) is -4.84. The molecule has 5 aliphatic rings. The van der Waals surface area contributed by atoms with Crippen LogP contribution in [0.5, 0.6) is 0 Å². The molecule has 20 N–H and O–H groups in total. The van der Waals surface area contributed by atoms with Crippen molar-refractivity contribution in [3.05, 3.63) is 60.8 Å². The highest BCUT2D eigenvalue weighted by Crippen LogP contribution is 2.41. The first-order valence-corrected chi connectivity index (χ1v) is 37.7. The van der Waals surface area contributed by atoms with Gasteiger partial charge >= 0.3 is 5.97 Å². The number of unbranched alkanes of at least 4 members (excludes halogenated alkanes) is 16. The predicted molar refractivity (Wildman–Crippen MR) is 378 cm³/mol. The van der Waals surface area contributed by atoms with Crippen LogP contribution in [0.15, 0.2) is 60.8 Å². The lowest BCUT2D eigenvalue weighted by atomic mass is 9.88. The van der Waals surface area contributed by atoms with E-state index in [1.54, 1.807) is 6.08 Å². The number of rotatable bonds is 48. The molecular weight excluding hydrogens is 1410 g/mol. The lowest BCUT2D eigenvalue weighted by Crippen LogP contribution is -2.72. The van der Waals surface area contributed by atoms with Crippen LogP contribution in [0.25, 0.3) is 0 Å². The van der Waals surface area contributed by atoms with Gasteiger partial charge in [0.15, 0.2) is 25.2 Å². The zero-order valence-electron chi connectivity index (χ0n) is 61.8. The number of allylic oxidation sites excluding steroid dienone is 9. The number of nitrogens with one attached hydrogen (secondary N) is 3. The van der Waals surface area contributed by atoms with Crippen LogP contribution in [-0.2, 0) is 66.5 Å². The molecule has 34 nitrogen and oxygen atoms in total. The molecule has 3 amide bonds. The van der Waals surface area contributed by atoms with Gasteiger partial charge in [0.25, 0.3) is 5.79 Å². The third kappa shape index (κ3) is 28.6. The number of ether oxygens (including phenoxy) is 10. The van der Waals surface area contributed by atoms with E-state index in [-0.39, 0.29) is 6.42 Å². The highest BCUT2D eigenvalue weighted by atomic mass is 16.8. The molecule has 28 unspecified atom stereocenters. The van der Waals surface area contributed by atoms with Gasteiger partial charge in [-0.2, -0.15) is 0 Å². The summed E-state index contributed by atoms with van der Waals surface area (Å²) in [6.07, 6.45) is -12.2. The van der Waals surface area contributed by atoms with Gasteiger partial charge in [0.2, 0.25) is 17.7 Å². The fourth-order valence-electron chi connectivity index (χ4n) is 13.4. The second kappa shape index (κ2) is 49.1. The molecule has 5 saturated heterocycles. The van der Waals surface area contributed by atoms with Gasteiger partial charge in [-0.1, -0.05) is 158 Å². The first-order chi connectivity index (χ1) is 51.3. The van der Waals surface area contributed by atoms with E-state index in [0.29, 0.717) is 12.8 Å². The lowest BCUT2D eigenvalue weighted by molar-refractivity contribution is -0.403. The summed E-state index contributed by atoms with van der Waals surface area (Å²) in [5.41, 5.74) is 0. The Morgan fingerprint density at radius 3 is 1.57 bits per heavy atom. The molecule has 107 heavy (non-hydrogen) atoms. The highest BCUT2D eigenvalue weighted by Gasteiger charge is 2.62. The molecule has 5 fully saturated rings. The Kier molecular flexibility index (Phi) is 42.8. The molecule has 5 aliphatic heterocycles. The Morgan fingerprint density at radius 1 is 0.505 bits per heavy atom. The summed E-state index contributed by atoms with van der Waals surface area (Å²) in [7, 11) is 0. The average Bonchev–Trinajstić information content (AvgIpc) is 0.754. The highest BCUT2D eigenvalue weighted by molar-refractivity contribution is 5.77. The predicted octanol–water partition coefficient (Wildman–Crippen LogP) is -1.94. The summed E-state index contributed by atoms with van der Waals surface area (Å²) in [5.74, 6) is -7.76. The number of aliphatic hydroxyl groups excluding tert-OH is 16. The third-order valence-electron chi connectivity index (χ3n) is 19.4. The summed E-state index contributed by atoms with van der Waals surface area (Å²) < 4.78 is 60.0. The topological polar surface area (TPSA) is 541 Å². The number of aliphatic hydroxyl groups is 16. The van der Waals surface area contributed by atoms with E-state index >= 15 is 0 Å². The summed E-state index contributed by atoms with van der Waals surface area (Å²) in [5, 5.41) is 197. The standard InChI is InChI=1S/C73H123N3O31/c1-5-7-9-11-13-15-17-19-20-22-24-26-28-30-32-34-52(87)76-44(45(84)33-31-29-27-25-23-21-18-16-14-12-10-8-6-2)41-98-69-61(94)59(92)63(50(39-80)101-69)103-71-62(95)67(107-73(72(96)97)35-46(85)53(74-42(3)82)66(106-73)55(88)47(86)36-77)64(51(40-81)102-71)104-68-54(75-43(4)83)65(57(90)49(38-79)99-68)105-70-60(93)58(91)56(89)48(37-78)100-70/h7,9,11,13,15,17,19-20,31,33,44-51,53-71,77-81,84-86,88-95H,5-6,8,10,12,14,16,18,21-30,32,34-41H2,1-4H3,(H,74,82)(H,75,83)(H,76,87)(H,96,97)/b9-7+,13-11+,17-15+,20-19+,33-31+. The quantitative estimate of drug-likeness (QED) is 0.0179. The second-order valence-electron chi connectivity index (χ2n) is 27.9. The molecule has 5 heterocycles. The van der Waals surface area contributed by atoms with Crippen LogP contribution < -0.4 is 16.0 Å². The Bertz CT molecular complexity index is 2700. The number of carbonyl (C=O) groups is 4. The molecule has 0 radical (unpaired) electrons. The van der Waals surface area contributed by atoms with Gasteiger partial charge in [0.1, 0.15) is 116 Å². The number of aliphatic carboxylic acids is 1. The average molecular weight is 1540 g/mol. The van der Waals surface area contributed by atoms with E-state index in [2.05, 4.69) is 41.9 Å². The van der Waals surface area contributed by atoms with Crippen molar-refractivity contribution in [2.45, 2.75) is 334 Å². The molecule has 0 aliphatic carbocycles. The molecule has 616 valence electrons. The minimum absolute atomic E-state index is 0.100. The zero-order valence-corrected chi connectivity index (χ0v) is 61.8. The zero-order chi connectivity index (χ0) is 78.8. The Hall–Kier alpha value is -4.46. The van der Waals surface area contributed by atoms with E-state index in [1.807, 2.05) is 36.5 Å². The van der Waals surface area contributed by atoms with Crippen molar-refractivity contribution in [1.82, 2.24) is 16.0 Å². The molecule has 0 aromatic carbocycles. The SMILES string of the molecule is CC/C=C/C=C/C=C/C=C/CCCCCCCC(=O)NC(COC1OC(CO)C(OC2OC(CO)C(OC3OC(CO)C(O)C(OC4OC(CO)C(O)C(O)C4O)C3NC(C)=O)C(OC3(C(=O)O)CC(O)C(NC(C)=O)C(C(O)C(O)CO)O3)C2O)C(O)C1O)C(O)/C=C/CCCCCCCCCCCCC. The van der Waals surface area contributed by atoms with Crippen LogP contribution >= 0.6 is 0 Å². The minimum Gasteiger partial charge on any atom is -0.477 e. The van der Waals surface area contributed by atoms with Crippen LogP contribution in [0.1, 0.15) is 163 Å². The van der Waals surface area contributed by atoms with Gasteiger partial charge in [-0.25, -0.2) is 4.79 Å². The third-order valence-corrected chi connectivity index (χ3v) is 19.4. The second-order valence-corrected chi connectivity index (χ2v) is 27.9. The molecule has 5 rings (SSSR count). The molecule has 0 spiro atoms. The summed E-state index contributed by atoms with van der Waals surface area (Å²) in [6.45, 7) is 0.109.